The van der Waals surface area contributed by atoms with Crippen LogP contribution in [0.3, 0.4) is 0 Å². The van der Waals surface area contributed by atoms with Gasteiger partial charge in [-0.15, -0.1) is 11.3 Å². The van der Waals surface area contributed by atoms with Gasteiger partial charge in [0, 0.05) is 24.5 Å². The summed E-state index contributed by atoms with van der Waals surface area (Å²) in [5.41, 5.74) is 0. The molecule has 1 aromatic heterocycles. The minimum atomic E-state index is -3.36. The smallest absolute Gasteiger partial charge is 0.245 e. The van der Waals surface area contributed by atoms with E-state index in [1.165, 1.54) is 11.3 Å². The minimum absolute atomic E-state index is 0.433. The van der Waals surface area contributed by atoms with Crippen molar-refractivity contribution in [1.29, 1.82) is 0 Å². The molecule has 4 nitrogen and oxygen atoms in total. The van der Waals surface area contributed by atoms with Crippen LogP contribution < -0.4 is 5.32 Å². The van der Waals surface area contributed by atoms with Crippen LogP contribution in [0, 0.1) is 0 Å². The summed E-state index contributed by atoms with van der Waals surface area (Å²) in [7, 11) is -3.36. The second-order valence-corrected chi connectivity index (χ2v) is 9.71. The van der Waals surface area contributed by atoms with E-state index in [4.69, 9.17) is 0 Å². The van der Waals surface area contributed by atoms with Crippen LogP contribution in [-0.2, 0) is 16.6 Å². The highest BCUT2D eigenvalue weighted by atomic mass is 79.9. The fourth-order valence-electron chi connectivity index (χ4n) is 2.47. The first-order chi connectivity index (χ1) is 10.1. The molecule has 0 aliphatic carbocycles. The summed E-state index contributed by atoms with van der Waals surface area (Å²) in [4.78, 5) is 1.49. The first-order valence-corrected chi connectivity index (χ1v) is 10.6. The number of hydrogen-bond donors (Lipinski definition) is 1. The highest BCUT2D eigenvalue weighted by Crippen LogP contribution is 2.34. The largest absolute Gasteiger partial charge is 0.312 e. The molecule has 7 heteroatoms. The predicted molar refractivity (Wildman–Crippen MR) is 91.2 cm³/mol. The van der Waals surface area contributed by atoms with E-state index < -0.39 is 10.0 Å². The van der Waals surface area contributed by atoms with E-state index in [0.717, 1.165) is 53.9 Å². The van der Waals surface area contributed by atoms with Gasteiger partial charge in [0.05, 0.1) is 3.79 Å². The number of thiophene rings is 1. The summed E-state index contributed by atoms with van der Waals surface area (Å²) in [5.74, 6) is 0. The van der Waals surface area contributed by atoms with Gasteiger partial charge in [0.2, 0.25) is 10.0 Å². The van der Waals surface area contributed by atoms with Gasteiger partial charge >= 0.3 is 0 Å². The van der Waals surface area contributed by atoms with Crippen molar-refractivity contribution in [2.45, 2.75) is 50.5 Å². The summed E-state index contributed by atoms with van der Waals surface area (Å²) >= 11 is 4.94. The van der Waals surface area contributed by atoms with Crippen molar-refractivity contribution < 1.29 is 8.42 Å². The second kappa shape index (κ2) is 8.06. The lowest BCUT2D eigenvalue weighted by atomic mass is 10.2. The molecule has 0 spiro atoms. The van der Waals surface area contributed by atoms with Crippen LogP contribution in [-0.4, -0.2) is 32.4 Å². The molecule has 1 N–H and O–H groups in total. The van der Waals surface area contributed by atoms with E-state index in [2.05, 4.69) is 28.2 Å². The Morgan fingerprint density at radius 3 is 2.57 bits per heavy atom. The van der Waals surface area contributed by atoms with Crippen LogP contribution in [0.25, 0.3) is 0 Å². The zero-order chi connectivity index (χ0) is 15.3. The summed E-state index contributed by atoms with van der Waals surface area (Å²) in [6.45, 7) is 5.09. The monoisotopic (exact) mass is 394 g/mol. The Morgan fingerprint density at radius 1 is 1.29 bits per heavy atom. The van der Waals surface area contributed by atoms with Gasteiger partial charge in [-0.05, 0) is 47.8 Å². The molecule has 0 bridgehead atoms. The Morgan fingerprint density at radius 2 is 1.95 bits per heavy atom. The Kier molecular flexibility index (Phi) is 6.68. The number of nitrogens with one attached hydrogen (secondary N) is 1. The van der Waals surface area contributed by atoms with Crippen LogP contribution in [0.2, 0.25) is 0 Å². The number of nitrogens with zero attached hydrogens (tertiary/aromatic N) is 1. The van der Waals surface area contributed by atoms with Crippen molar-refractivity contribution in [2.75, 3.05) is 19.6 Å². The molecule has 0 aromatic carbocycles. The molecule has 21 heavy (non-hydrogen) atoms. The van der Waals surface area contributed by atoms with Gasteiger partial charge in [0.15, 0.2) is 0 Å². The summed E-state index contributed by atoms with van der Waals surface area (Å²) in [6.07, 6.45) is 5.26. The number of rotatable bonds is 6. The maximum Gasteiger partial charge on any atom is 0.245 e. The lowest BCUT2D eigenvalue weighted by Gasteiger charge is -2.19. The first-order valence-electron chi connectivity index (χ1n) is 7.54. The Labute approximate surface area is 140 Å². The van der Waals surface area contributed by atoms with E-state index in [1.54, 1.807) is 4.31 Å². The molecule has 1 aliphatic heterocycles. The SMILES string of the molecule is CCCNCc1cc(S(=O)(=O)N2CCCCCC2)c(Br)s1. The first kappa shape index (κ1) is 17.4. The highest BCUT2D eigenvalue weighted by Gasteiger charge is 2.28. The molecule has 1 aliphatic rings. The van der Waals surface area contributed by atoms with Gasteiger partial charge in [-0.25, -0.2) is 8.42 Å². The fraction of sp³-hybridized carbons (Fsp3) is 0.714. The molecule has 0 atom stereocenters. The minimum Gasteiger partial charge on any atom is -0.312 e. The molecular weight excluding hydrogens is 372 g/mol. The molecule has 1 aromatic rings. The summed E-state index contributed by atoms with van der Waals surface area (Å²) < 4.78 is 27.9. The maximum absolute atomic E-state index is 12.8. The molecule has 0 saturated carbocycles. The molecule has 1 saturated heterocycles. The fourth-order valence-corrected chi connectivity index (χ4v) is 6.59. The van der Waals surface area contributed by atoms with Crippen molar-refractivity contribution in [2.24, 2.45) is 0 Å². The normalized spacial score (nSPS) is 17.8. The molecule has 2 heterocycles. The van der Waals surface area contributed by atoms with E-state index in [1.807, 2.05) is 6.07 Å². The number of sulfonamides is 1. The van der Waals surface area contributed by atoms with Gasteiger partial charge in [-0.3, -0.25) is 0 Å². The Hall–Kier alpha value is 0.0500. The summed E-state index contributed by atoms with van der Waals surface area (Å²) in [5, 5.41) is 3.31. The Balaban J connectivity index is 2.15. The quantitative estimate of drug-likeness (QED) is 0.750. The predicted octanol–water partition coefficient (Wildman–Crippen LogP) is 3.57. The van der Waals surface area contributed by atoms with Crippen LogP contribution in [0.5, 0.6) is 0 Å². The van der Waals surface area contributed by atoms with Crippen molar-refractivity contribution in [1.82, 2.24) is 9.62 Å². The lowest BCUT2D eigenvalue weighted by Crippen LogP contribution is -2.31. The van der Waals surface area contributed by atoms with Gasteiger partial charge in [-0.2, -0.15) is 4.31 Å². The molecule has 0 radical (unpaired) electrons. The van der Waals surface area contributed by atoms with Gasteiger partial charge in [0.25, 0.3) is 0 Å². The molecular formula is C14H23BrN2O2S2. The van der Waals surface area contributed by atoms with E-state index in [-0.39, 0.29) is 0 Å². The standard InChI is InChI=1S/C14H23BrN2O2S2/c1-2-7-16-11-12-10-13(14(15)20-12)21(18,19)17-8-5-3-4-6-9-17/h10,16H,2-9,11H2,1H3. The van der Waals surface area contributed by atoms with Crippen molar-refractivity contribution in [3.63, 3.8) is 0 Å². The molecule has 2 rings (SSSR count). The van der Waals surface area contributed by atoms with Crippen molar-refractivity contribution >= 4 is 37.3 Å². The Bertz CT molecular complexity index is 549. The van der Waals surface area contributed by atoms with E-state index in [9.17, 15) is 8.42 Å². The van der Waals surface area contributed by atoms with Crippen LogP contribution in [0.15, 0.2) is 14.7 Å². The van der Waals surface area contributed by atoms with E-state index in [0.29, 0.717) is 18.0 Å². The zero-order valence-corrected chi connectivity index (χ0v) is 15.6. The van der Waals surface area contributed by atoms with Crippen LogP contribution in [0.1, 0.15) is 43.9 Å². The van der Waals surface area contributed by atoms with Crippen LogP contribution >= 0.6 is 27.3 Å². The van der Waals surface area contributed by atoms with E-state index >= 15 is 0 Å². The summed E-state index contributed by atoms with van der Waals surface area (Å²) in [6, 6.07) is 1.82. The maximum atomic E-state index is 12.8. The van der Waals surface area contributed by atoms with Crippen molar-refractivity contribution in [3.05, 3.63) is 14.7 Å². The van der Waals surface area contributed by atoms with Gasteiger partial charge < -0.3 is 5.32 Å². The highest BCUT2D eigenvalue weighted by molar-refractivity contribution is 9.11. The molecule has 1 fully saturated rings. The third-order valence-electron chi connectivity index (χ3n) is 3.62. The topological polar surface area (TPSA) is 49.4 Å². The lowest BCUT2D eigenvalue weighted by molar-refractivity contribution is 0.423. The molecule has 120 valence electrons. The molecule has 0 amide bonds. The average molecular weight is 395 g/mol. The second-order valence-electron chi connectivity index (χ2n) is 5.35. The number of hydrogen-bond acceptors (Lipinski definition) is 4. The number of halogens is 1. The third-order valence-corrected chi connectivity index (χ3v) is 7.77. The zero-order valence-electron chi connectivity index (χ0n) is 12.4. The molecule has 0 unspecified atom stereocenters. The third kappa shape index (κ3) is 4.51. The van der Waals surface area contributed by atoms with Crippen LogP contribution in [0.4, 0.5) is 0 Å². The van der Waals surface area contributed by atoms with Gasteiger partial charge in [-0.1, -0.05) is 19.8 Å². The van der Waals surface area contributed by atoms with Crippen molar-refractivity contribution in [3.8, 4) is 0 Å². The van der Waals surface area contributed by atoms with Gasteiger partial charge in [0.1, 0.15) is 4.90 Å². The average Bonchev–Trinajstić information content (AvgIpc) is 2.67.